The van der Waals surface area contributed by atoms with Crippen molar-refractivity contribution in [3.05, 3.63) is 39.6 Å². The standard InChI is InChI=1S/C17H20IN5O2/c1-22(2)15-14(20-16(24)12-5-3-4-6-13(12)18)11-19-17(21-15)23-7-9-25-10-8-23/h3-6,11H,7-10H2,1-2H3,(H,20,24). The number of nitrogens with zero attached hydrogens (tertiary/aromatic N) is 4. The van der Waals surface area contributed by atoms with Crippen LogP contribution in [-0.2, 0) is 4.74 Å². The molecule has 0 unspecified atom stereocenters. The summed E-state index contributed by atoms with van der Waals surface area (Å²) in [4.78, 5) is 25.6. The van der Waals surface area contributed by atoms with E-state index in [0.29, 0.717) is 36.2 Å². The highest BCUT2D eigenvalue weighted by Crippen LogP contribution is 2.25. The van der Waals surface area contributed by atoms with Crippen LogP contribution in [0.2, 0.25) is 0 Å². The molecule has 1 aromatic carbocycles. The fourth-order valence-electron chi connectivity index (χ4n) is 2.54. The van der Waals surface area contributed by atoms with Crippen LogP contribution in [0.25, 0.3) is 0 Å². The summed E-state index contributed by atoms with van der Waals surface area (Å²) in [6, 6.07) is 7.46. The van der Waals surface area contributed by atoms with Gasteiger partial charge in [0.2, 0.25) is 5.95 Å². The van der Waals surface area contributed by atoms with E-state index in [9.17, 15) is 4.79 Å². The average Bonchev–Trinajstić information content (AvgIpc) is 2.63. The molecule has 0 aliphatic carbocycles. The Bertz CT molecular complexity index is 762. The summed E-state index contributed by atoms with van der Waals surface area (Å²) in [5.41, 5.74) is 1.22. The topological polar surface area (TPSA) is 70.6 Å². The molecule has 1 aliphatic heterocycles. The number of ether oxygens (including phenoxy) is 1. The first kappa shape index (κ1) is 17.9. The van der Waals surface area contributed by atoms with Crippen molar-refractivity contribution in [2.45, 2.75) is 0 Å². The molecule has 0 spiro atoms. The van der Waals surface area contributed by atoms with E-state index < -0.39 is 0 Å². The van der Waals surface area contributed by atoms with Gasteiger partial charge in [-0.3, -0.25) is 4.79 Å². The predicted octanol–water partition coefficient (Wildman–Crippen LogP) is 2.24. The molecule has 2 heterocycles. The number of hydrogen-bond donors (Lipinski definition) is 1. The van der Waals surface area contributed by atoms with Gasteiger partial charge in [-0.15, -0.1) is 0 Å². The molecule has 1 fully saturated rings. The summed E-state index contributed by atoms with van der Waals surface area (Å²) in [6.45, 7) is 2.87. The van der Waals surface area contributed by atoms with E-state index in [1.165, 1.54) is 0 Å². The highest BCUT2D eigenvalue weighted by molar-refractivity contribution is 14.1. The number of anilines is 3. The monoisotopic (exact) mass is 453 g/mol. The van der Waals surface area contributed by atoms with Gasteiger partial charge in [-0.2, -0.15) is 4.98 Å². The minimum Gasteiger partial charge on any atom is -0.378 e. The third-order valence-electron chi connectivity index (χ3n) is 3.84. The number of benzene rings is 1. The van der Waals surface area contributed by atoms with Crippen LogP contribution in [0.15, 0.2) is 30.5 Å². The van der Waals surface area contributed by atoms with Gasteiger partial charge < -0.3 is 19.9 Å². The molecule has 1 amide bonds. The number of morpholine rings is 1. The van der Waals surface area contributed by atoms with Gasteiger partial charge in [0.25, 0.3) is 5.91 Å². The number of aromatic nitrogens is 2. The Morgan fingerprint density at radius 3 is 2.68 bits per heavy atom. The molecule has 1 aromatic heterocycles. The van der Waals surface area contributed by atoms with Crippen molar-refractivity contribution in [2.24, 2.45) is 0 Å². The lowest BCUT2D eigenvalue weighted by molar-refractivity contribution is 0.102. The molecule has 0 bridgehead atoms. The third-order valence-corrected chi connectivity index (χ3v) is 4.78. The first-order valence-electron chi connectivity index (χ1n) is 7.99. The third kappa shape index (κ3) is 4.18. The van der Waals surface area contributed by atoms with Crippen LogP contribution in [-0.4, -0.2) is 56.3 Å². The van der Waals surface area contributed by atoms with Gasteiger partial charge in [-0.05, 0) is 34.7 Å². The van der Waals surface area contributed by atoms with Crippen LogP contribution in [0, 0.1) is 3.57 Å². The lowest BCUT2D eigenvalue weighted by atomic mass is 10.2. The molecule has 0 atom stereocenters. The first-order chi connectivity index (χ1) is 12.1. The van der Waals surface area contributed by atoms with Crippen molar-refractivity contribution in [1.29, 1.82) is 0 Å². The van der Waals surface area contributed by atoms with E-state index in [1.54, 1.807) is 12.3 Å². The number of rotatable bonds is 4. The highest BCUT2D eigenvalue weighted by Gasteiger charge is 2.19. The maximum Gasteiger partial charge on any atom is 0.256 e. The van der Waals surface area contributed by atoms with Crippen molar-refractivity contribution in [3.63, 3.8) is 0 Å². The lowest BCUT2D eigenvalue weighted by Gasteiger charge is -2.28. The second-order valence-electron chi connectivity index (χ2n) is 5.84. The Hall–Kier alpha value is -1.94. The van der Waals surface area contributed by atoms with E-state index in [-0.39, 0.29) is 5.91 Å². The molecule has 0 radical (unpaired) electrons. The zero-order valence-corrected chi connectivity index (χ0v) is 16.4. The second-order valence-corrected chi connectivity index (χ2v) is 7.00. The van der Waals surface area contributed by atoms with Crippen molar-refractivity contribution < 1.29 is 9.53 Å². The SMILES string of the molecule is CN(C)c1nc(N2CCOCC2)ncc1NC(=O)c1ccccc1I. The van der Waals surface area contributed by atoms with Crippen LogP contribution < -0.4 is 15.1 Å². The Labute approximate surface area is 160 Å². The molecular formula is C17H20IN5O2. The van der Waals surface area contributed by atoms with Crippen LogP contribution in [0.5, 0.6) is 0 Å². The Morgan fingerprint density at radius 2 is 2.00 bits per heavy atom. The van der Waals surface area contributed by atoms with Crippen LogP contribution in [0.4, 0.5) is 17.5 Å². The van der Waals surface area contributed by atoms with E-state index in [4.69, 9.17) is 4.74 Å². The highest BCUT2D eigenvalue weighted by atomic mass is 127. The van der Waals surface area contributed by atoms with E-state index >= 15 is 0 Å². The molecule has 1 N–H and O–H groups in total. The summed E-state index contributed by atoms with van der Waals surface area (Å²) >= 11 is 2.15. The first-order valence-corrected chi connectivity index (χ1v) is 9.07. The minimum atomic E-state index is -0.171. The van der Waals surface area contributed by atoms with Crippen molar-refractivity contribution in [3.8, 4) is 0 Å². The van der Waals surface area contributed by atoms with E-state index in [1.807, 2.05) is 37.2 Å². The fraction of sp³-hybridized carbons (Fsp3) is 0.353. The maximum atomic E-state index is 12.6. The van der Waals surface area contributed by atoms with Crippen molar-refractivity contribution in [2.75, 3.05) is 55.5 Å². The molecule has 8 heteroatoms. The normalized spacial score (nSPS) is 14.3. The zero-order chi connectivity index (χ0) is 17.8. The van der Waals surface area contributed by atoms with Gasteiger partial charge in [0, 0.05) is 30.8 Å². The molecule has 132 valence electrons. The van der Waals surface area contributed by atoms with Gasteiger partial charge in [0.15, 0.2) is 5.82 Å². The number of halogens is 1. The van der Waals surface area contributed by atoms with E-state index in [0.717, 1.165) is 16.7 Å². The zero-order valence-electron chi connectivity index (χ0n) is 14.2. The number of amides is 1. The summed E-state index contributed by atoms with van der Waals surface area (Å²) in [7, 11) is 3.79. The molecule has 2 aromatic rings. The molecule has 3 rings (SSSR count). The Balaban J connectivity index is 1.85. The largest absolute Gasteiger partial charge is 0.378 e. The molecule has 7 nitrogen and oxygen atoms in total. The summed E-state index contributed by atoms with van der Waals surface area (Å²) in [6.07, 6.45) is 1.67. The van der Waals surface area contributed by atoms with Crippen molar-refractivity contribution in [1.82, 2.24) is 9.97 Å². The summed E-state index contributed by atoms with van der Waals surface area (Å²) in [5.74, 6) is 1.16. The van der Waals surface area contributed by atoms with Gasteiger partial charge in [-0.1, -0.05) is 12.1 Å². The molecule has 1 aliphatic rings. The maximum absolute atomic E-state index is 12.6. The van der Waals surface area contributed by atoms with Crippen LogP contribution in [0.3, 0.4) is 0 Å². The number of carbonyl (C=O) groups excluding carboxylic acids is 1. The number of carbonyl (C=O) groups is 1. The molecule has 0 saturated carbocycles. The fourth-order valence-corrected chi connectivity index (χ4v) is 3.18. The second kappa shape index (κ2) is 7.96. The quantitative estimate of drug-likeness (QED) is 0.717. The Morgan fingerprint density at radius 1 is 1.28 bits per heavy atom. The van der Waals surface area contributed by atoms with Crippen molar-refractivity contribution >= 4 is 46.0 Å². The minimum absolute atomic E-state index is 0.171. The van der Waals surface area contributed by atoms with E-state index in [2.05, 4.69) is 42.8 Å². The predicted molar refractivity (Wildman–Crippen MR) is 107 cm³/mol. The van der Waals surface area contributed by atoms with Gasteiger partial charge in [-0.25, -0.2) is 4.98 Å². The number of nitrogens with one attached hydrogen (secondary N) is 1. The summed E-state index contributed by atoms with van der Waals surface area (Å²) in [5, 5.41) is 2.93. The average molecular weight is 453 g/mol. The summed E-state index contributed by atoms with van der Waals surface area (Å²) < 4.78 is 6.27. The Kier molecular flexibility index (Phi) is 5.69. The lowest BCUT2D eigenvalue weighted by Crippen LogP contribution is -2.37. The van der Waals surface area contributed by atoms with Gasteiger partial charge in [0.1, 0.15) is 5.69 Å². The smallest absolute Gasteiger partial charge is 0.256 e. The van der Waals surface area contributed by atoms with Crippen LogP contribution in [0.1, 0.15) is 10.4 Å². The van der Waals surface area contributed by atoms with Crippen LogP contribution >= 0.6 is 22.6 Å². The molecular weight excluding hydrogens is 433 g/mol. The molecule has 1 saturated heterocycles. The molecule has 25 heavy (non-hydrogen) atoms. The van der Waals surface area contributed by atoms with Gasteiger partial charge in [0.05, 0.1) is 25.0 Å². The van der Waals surface area contributed by atoms with Gasteiger partial charge >= 0.3 is 0 Å². The number of hydrogen-bond acceptors (Lipinski definition) is 6.